The lowest BCUT2D eigenvalue weighted by Gasteiger charge is -2.18. The summed E-state index contributed by atoms with van der Waals surface area (Å²) in [7, 11) is 0. The highest BCUT2D eigenvalue weighted by molar-refractivity contribution is 9.18. The first-order valence-electron chi connectivity index (χ1n) is 5.27. The summed E-state index contributed by atoms with van der Waals surface area (Å²) >= 11 is 3.33. The number of nitrogens with zero attached hydrogens (tertiary/aromatic N) is 2. The monoisotopic (exact) mass is 297 g/mol. The van der Waals surface area contributed by atoms with Crippen molar-refractivity contribution >= 4 is 27.0 Å². The van der Waals surface area contributed by atoms with Crippen LogP contribution < -0.4 is 5.43 Å². The molecule has 2 unspecified atom stereocenters. The van der Waals surface area contributed by atoms with Crippen molar-refractivity contribution in [3.63, 3.8) is 0 Å². The third-order valence-electron chi connectivity index (χ3n) is 2.52. The molecule has 2 rings (SSSR count). The first kappa shape index (κ1) is 12.0. The van der Waals surface area contributed by atoms with Crippen LogP contribution in [-0.4, -0.2) is 22.1 Å². The standard InChI is InChI=1S/C11H12BrN3O2/c12-11-6-8(14-15-11)5-10(17-7-16)9-3-1-2-4-13-9/h1-4,7-8,10,14H,5-6H2. The zero-order valence-corrected chi connectivity index (χ0v) is 10.6. The van der Waals surface area contributed by atoms with E-state index in [9.17, 15) is 4.79 Å². The summed E-state index contributed by atoms with van der Waals surface area (Å²) in [4.78, 5) is 14.7. The minimum atomic E-state index is -0.334. The molecule has 0 saturated heterocycles. The predicted octanol–water partition coefficient (Wildman–Crippen LogP) is 1.76. The molecule has 0 aromatic carbocycles. The summed E-state index contributed by atoms with van der Waals surface area (Å²) < 4.78 is 5.96. The van der Waals surface area contributed by atoms with E-state index >= 15 is 0 Å². The van der Waals surface area contributed by atoms with E-state index in [4.69, 9.17) is 4.74 Å². The Kier molecular flexibility index (Phi) is 4.08. The molecule has 2 heterocycles. The maximum Gasteiger partial charge on any atom is 0.293 e. The minimum Gasteiger partial charge on any atom is -0.458 e. The van der Waals surface area contributed by atoms with E-state index in [1.54, 1.807) is 6.20 Å². The summed E-state index contributed by atoms with van der Waals surface area (Å²) in [5.41, 5.74) is 3.74. The second-order valence-corrected chi connectivity index (χ2v) is 4.64. The van der Waals surface area contributed by atoms with Gasteiger partial charge in [0.05, 0.1) is 11.7 Å². The van der Waals surface area contributed by atoms with Gasteiger partial charge in [-0.05, 0) is 28.1 Å². The quantitative estimate of drug-likeness (QED) is 0.841. The molecule has 0 aliphatic carbocycles. The molecule has 1 aromatic heterocycles. The fourth-order valence-electron chi connectivity index (χ4n) is 1.73. The van der Waals surface area contributed by atoms with Crippen LogP contribution >= 0.6 is 15.9 Å². The Hall–Kier alpha value is -1.43. The van der Waals surface area contributed by atoms with Gasteiger partial charge in [0.15, 0.2) is 0 Å². The molecule has 0 radical (unpaired) electrons. The van der Waals surface area contributed by atoms with Gasteiger partial charge in [-0.1, -0.05) is 6.07 Å². The topological polar surface area (TPSA) is 63.6 Å². The van der Waals surface area contributed by atoms with Crippen molar-refractivity contribution in [2.24, 2.45) is 5.10 Å². The molecule has 90 valence electrons. The number of ether oxygens (including phenoxy) is 1. The smallest absolute Gasteiger partial charge is 0.293 e. The third-order valence-corrected chi connectivity index (χ3v) is 3.02. The van der Waals surface area contributed by atoms with Gasteiger partial charge in [0.1, 0.15) is 10.7 Å². The molecular formula is C11H12BrN3O2. The van der Waals surface area contributed by atoms with Crippen molar-refractivity contribution in [2.75, 3.05) is 0 Å². The van der Waals surface area contributed by atoms with Gasteiger partial charge >= 0.3 is 0 Å². The fourth-order valence-corrected chi connectivity index (χ4v) is 2.22. The molecule has 1 aromatic rings. The second kappa shape index (κ2) is 5.77. The average Bonchev–Trinajstić information content (AvgIpc) is 2.75. The van der Waals surface area contributed by atoms with Gasteiger partial charge in [-0.2, -0.15) is 5.10 Å². The van der Waals surface area contributed by atoms with E-state index in [1.165, 1.54) is 0 Å². The lowest BCUT2D eigenvalue weighted by molar-refractivity contribution is -0.134. The summed E-state index contributed by atoms with van der Waals surface area (Å²) in [6.07, 6.45) is 2.80. The molecule has 1 aliphatic heterocycles. The number of pyridine rings is 1. The number of nitrogens with one attached hydrogen (secondary N) is 1. The summed E-state index contributed by atoms with van der Waals surface area (Å²) in [5, 5.41) is 4.04. The van der Waals surface area contributed by atoms with Gasteiger partial charge < -0.3 is 10.2 Å². The van der Waals surface area contributed by atoms with Crippen LogP contribution in [0.3, 0.4) is 0 Å². The van der Waals surface area contributed by atoms with Gasteiger partial charge in [0.2, 0.25) is 0 Å². The SMILES string of the molecule is O=COC(CC1CC(Br)=NN1)c1ccccn1. The number of aromatic nitrogens is 1. The Morgan fingerprint density at radius 1 is 1.65 bits per heavy atom. The lowest BCUT2D eigenvalue weighted by atomic mass is 10.0. The Bertz CT molecular complexity index is 410. The van der Waals surface area contributed by atoms with E-state index in [1.807, 2.05) is 18.2 Å². The van der Waals surface area contributed by atoms with Gasteiger partial charge in [-0.25, -0.2) is 0 Å². The van der Waals surface area contributed by atoms with Crippen molar-refractivity contribution in [2.45, 2.75) is 25.0 Å². The molecule has 6 heteroatoms. The lowest BCUT2D eigenvalue weighted by Crippen LogP contribution is -2.23. The molecular weight excluding hydrogens is 286 g/mol. The largest absolute Gasteiger partial charge is 0.458 e. The molecule has 2 atom stereocenters. The highest BCUT2D eigenvalue weighted by atomic mass is 79.9. The molecule has 0 spiro atoms. The van der Waals surface area contributed by atoms with Crippen molar-refractivity contribution in [1.29, 1.82) is 0 Å². The predicted molar refractivity (Wildman–Crippen MR) is 66.6 cm³/mol. The van der Waals surface area contributed by atoms with Crippen LogP contribution in [0.5, 0.6) is 0 Å². The molecule has 5 nitrogen and oxygen atoms in total. The Balaban J connectivity index is 2.01. The van der Waals surface area contributed by atoms with Gasteiger partial charge in [0.25, 0.3) is 6.47 Å². The number of hydrogen-bond donors (Lipinski definition) is 1. The van der Waals surface area contributed by atoms with E-state index in [2.05, 4.69) is 31.4 Å². The summed E-state index contributed by atoms with van der Waals surface area (Å²) in [6.45, 7) is 0.462. The van der Waals surface area contributed by atoms with Gasteiger partial charge in [0, 0.05) is 19.0 Å². The highest BCUT2D eigenvalue weighted by Gasteiger charge is 2.23. The van der Waals surface area contributed by atoms with Crippen LogP contribution in [0.25, 0.3) is 0 Å². The van der Waals surface area contributed by atoms with E-state index in [-0.39, 0.29) is 12.1 Å². The second-order valence-electron chi connectivity index (χ2n) is 3.73. The van der Waals surface area contributed by atoms with Crippen LogP contribution in [0.1, 0.15) is 24.6 Å². The molecule has 0 saturated carbocycles. The third kappa shape index (κ3) is 3.26. The minimum absolute atomic E-state index is 0.163. The maximum absolute atomic E-state index is 10.5. The van der Waals surface area contributed by atoms with Crippen LogP contribution in [-0.2, 0) is 9.53 Å². The molecule has 17 heavy (non-hydrogen) atoms. The van der Waals surface area contributed by atoms with Crippen molar-refractivity contribution in [1.82, 2.24) is 10.4 Å². The van der Waals surface area contributed by atoms with Crippen LogP contribution in [0.15, 0.2) is 29.5 Å². The molecule has 0 fully saturated rings. The Morgan fingerprint density at radius 2 is 2.53 bits per heavy atom. The zero-order valence-electron chi connectivity index (χ0n) is 9.04. The zero-order chi connectivity index (χ0) is 12.1. The molecule has 1 N–H and O–H groups in total. The highest BCUT2D eigenvalue weighted by Crippen LogP contribution is 2.23. The first-order valence-corrected chi connectivity index (χ1v) is 6.06. The number of halogens is 1. The van der Waals surface area contributed by atoms with Crippen LogP contribution in [0, 0.1) is 0 Å². The van der Waals surface area contributed by atoms with Gasteiger partial charge in [-0.3, -0.25) is 9.78 Å². The summed E-state index contributed by atoms with van der Waals surface area (Å²) in [6, 6.07) is 5.71. The Morgan fingerprint density at radius 3 is 3.12 bits per heavy atom. The Labute approximate surface area is 107 Å². The van der Waals surface area contributed by atoms with E-state index in [0.717, 1.165) is 16.7 Å². The van der Waals surface area contributed by atoms with E-state index in [0.29, 0.717) is 12.9 Å². The normalized spacial score (nSPS) is 20.3. The fraction of sp³-hybridized carbons (Fsp3) is 0.364. The van der Waals surface area contributed by atoms with Crippen molar-refractivity contribution in [3.8, 4) is 0 Å². The maximum atomic E-state index is 10.5. The number of rotatable bonds is 5. The van der Waals surface area contributed by atoms with Crippen LogP contribution in [0.2, 0.25) is 0 Å². The van der Waals surface area contributed by atoms with E-state index < -0.39 is 0 Å². The van der Waals surface area contributed by atoms with Crippen molar-refractivity contribution < 1.29 is 9.53 Å². The first-order chi connectivity index (χ1) is 8.29. The number of hydrazone groups is 1. The number of hydrogen-bond acceptors (Lipinski definition) is 5. The summed E-state index contributed by atoms with van der Waals surface area (Å²) in [5.74, 6) is 0. The molecule has 0 amide bonds. The van der Waals surface area contributed by atoms with Crippen molar-refractivity contribution in [3.05, 3.63) is 30.1 Å². The molecule has 0 bridgehead atoms. The number of carbonyl (C=O) groups is 1. The molecule has 1 aliphatic rings. The van der Waals surface area contributed by atoms with Crippen LogP contribution in [0.4, 0.5) is 0 Å². The number of carbonyl (C=O) groups excluding carboxylic acids is 1. The average molecular weight is 298 g/mol. The van der Waals surface area contributed by atoms with Gasteiger partial charge in [-0.15, -0.1) is 0 Å².